The van der Waals surface area contributed by atoms with Crippen molar-refractivity contribution in [1.29, 1.82) is 0 Å². The van der Waals surface area contributed by atoms with E-state index >= 15 is 0 Å². The van der Waals surface area contributed by atoms with Crippen molar-refractivity contribution in [3.63, 3.8) is 0 Å². The van der Waals surface area contributed by atoms with Crippen LogP contribution >= 0.6 is 11.6 Å². The molecule has 0 amide bonds. The second-order valence-electron chi connectivity index (χ2n) is 4.74. The molecule has 2 aromatic heterocycles. The van der Waals surface area contributed by atoms with E-state index in [4.69, 9.17) is 17.3 Å². The molecule has 0 bridgehead atoms. The molecule has 5 nitrogen and oxygen atoms in total. The van der Waals surface area contributed by atoms with Crippen molar-refractivity contribution < 1.29 is 0 Å². The summed E-state index contributed by atoms with van der Waals surface area (Å²) in [6.45, 7) is 3.57. The van der Waals surface area contributed by atoms with Crippen molar-refractivity contribution in [1.82, 2.24) is 9.97 Å². The fourth-order valence-corrected chi connectivity index (χ4v) is 2.58. The van der Waals surface area contributed by atoms with E-state index in [0.29, 0.717) is 10.8 Å². The van der Waals surface area contributed by atoms with Crippen LogP contribution in [0.4, 0.5) is 17.3 Å². The molecule has 3 rings (SSSR count). The Kier molecular flexibility index (Phi) is 3.60. The topological polar surface area (TPSA) is 58.3 Å². The van der Waals surface area contributed by atoms with Crippen LogP contribution in [-0.4, -0.2) is 36.1 Å². The molecule has 1 fully saturated rings. The number of nitrogens with zero attached hydrogens (tertiary/aromatic N) is 4. The third-order valence-corrected chi connectivity index (χ3v) is 3.57. The molecule has 1 aliphatic heterocycles. The van der Waals surface area contributed by atoms with Gasteiger partial charge in [-0.2, -0.15) is 0 Å². The summed E-state index contributed by atoms with van der Waals surface area (Å²) < 4.78 is 0. The Bertz CT molecular complexity index is 561. The molecule has 0 atom stereocenters. The molecule has 0 spiro atoms. The first-order chi connectivity index (χ1) is 9.72. The lowest BCUT2D eigenvalue weighted by atomic mass is 10.3. The minimum atomic E-state index is 0.437. The van der Waals surface area contributed by atoms with Gasteiger partial charge in [0.2, 0.25) is 0 Å². The van der Waals surface area contributed by atoms with E-state index in [9.17, 15) is 0 Å². The third-order valence-electron chi connectivity index (χ3n) is 3.38. The Morgan fingerprint density at radius 3 is 2.30 bits per heavy atom. The van der Waals surface area contributed by atoms with Crippen LogP contribution in [0.3, 0.4) is 0 Å². The number of halogens is 1. The van der Waals surface area contributed by atoms with Gasteiger partial charge in [-0.15, -0.1) is 0 Å². The van der Waals surface area contributed by atoms with Gasteiger partial charge in [0, 0.05) is 44.1 Å². The molecular formula is C14H16ClN5. The molecule has 0 saturated carbocycles. The zero-order valence-electron chi connectivity index (χ0n) is 11.0. The van der Waals surface area contributed by atoms with Crippen molar-refractivity contribution >= 4 is 28.9 Å². The first-order valence-electron chi connectivity index (χ1n) is 6.56. The summed E-state index contributed by atoms with van der Waals surface area (Å²) in [5, 5.41) is 0.437. The summed E-state index contributed by atoms with van der Waals surface area (Å²) in [4.78, 5) is 13.2. The maximum atomic E-state index is 5.96. The Hall–Kier alpha value is -2.01. The minimum Gasteiger partial charge on any atom is -0.399 e. The Morgan fingerprint density at radius 2 is 1.70 bits per heavy atom. The maximum absolute atomic E-state index is 5.96. The van der Waals surface area contributed by atoms with Crippen molar-refractivity contribution in [3.8, 4) is 0 Å². The second kappa shape index (κ2) is 5.54. The average Bonchev–Trinajstić information content (AvgIpc) is 2.47. The normalized spacial score (nSPS) is 15.4. The predicted octanol–water partition coefficient (Wildman–Crippen LogP) is 2.04. The summed E-state index contributed by atoms with van der Waals surface area (Å²) in [6, 6.07) is 9.50. The molecule has 3 heterocycles. The van der Waals surface area contributed by atoms with Crippen LogP contribution in [0.1, 0.15) is 0 Å². The Balaban J connectivity index is 1.69. The Morgan fingerprint density at radius 1 is 1.00 bits per heavy atom. The molecule has 0 aliphatic carbocycles. The van der Waals surface area contributed by atoms with Gasteiger partial charge in [-0.3, -0.25) is 0 Å². The number of nitrogens with two attached hydrogens (primary N) is 1. The van der Waals surface area contributed by atoms with Gasteiger partial charge in [0.1, 0.15) is 16.8 Å². The van der Waals surface area contributed by atoms with Gasteiger partial charge in [-0.1, -0.05) is 17.7 Å². The number of nitrogen functional groups attached to an aromatic ring is 1. The summed E-state index contributed by atoms with van der Waals surface area (Å²) >= 11 is 5.96. The van der Waals surface area contributed by atoms with E-state index in [-0.39, 0.29) is 0 Å². The van der Waals surface area contributed by atoms with E-state index in [1.165, 1.54) is 0 Å². The van der Waals surface area contributed by atoms with Crippen molar-refractivity contribution in [2.24, 2.45) is 0 Å². The molecule has 2 N–H and O–H groups in total. The molecule has 104 valence electrons. The molecule has 1 saturated heterocycles. The summed E-state index contributed by atoms with van der Waals surface area (Å²) in [5.41, 5.74) is 6.46. The highest BCUT2D eigenvalue weighted by Crippen LogP contribution is 2.21. The number of hydrogen-bond donors (Lipinski definition) is 1. The zero-order chi connectivity index (χ0) is 13.9. The first-order valence-corrected chi connectivity index (χ1v) is 6.94. The SMILES string of the molecule is Nc1cc(Cl)nc(N2CCN(c3ccccn3)CC2)c1. The monoisotopic (exact) mass is 289 g/mol. The molecule has 0 radical (unpaired) electrons. The summed E-state index contributed by atoms with van der Waals surface area (Å²) in [5.74, 6) is 1.86. The second-order valence-corrected chi connectivity index (χ2v) is 5.13. The van der Waals surface area contributed by atoms with Gasteiger partial charge in [-0.25, -0.2) is 9.97 Å². The Labute approximate surface area is 123 Å². The molecule has 2 aromatic rings. The van der Waals surface area contributed by atoms with E-state index in [0.717, 1.165) is 37.8 Å². The molecule has 0 unspecified atom stereocenters. The highest BCUT2D eigenvalue weighted by atomic mass is 35.5. The fourth-order valence-electron chi connectivity index (χ4n) is 2.37. The van der Waals surface area contributed by atoms with Gasteiger partial charge in [0.05, 0.1) is 0 Å². The van der Waals surface area contributed by atoms with Crippen LogP contribution in [0, 0.1) is 0 Å². The zero-order valence-corrected chi connectivity index (χ0v) is 11.8. The summed E-state index contributed by atoms with van der Waals surface area (Å²) in [7, 11) is 0. The highest BCUT2D eigenvalue weighted by molar-refractivity contribution is 6.29. The fraction of sp³-hybridized carbons (Fsp3) is 0.286. The number of hydrogen-bond acceptors (Lipinski definition) is 5. The smallest absolute Gasteiger partial charge is 0.133 e. The molecule has 0 aromatic carbocycles. The van der Waals surface area contributed by atoms with Gasteiger partial charge >= 0.3 is 0 Å². The number of piperazine rings is 1. The van der Waals surface area contributed by atoms with Crippen molar-refractivity contribution in [3.05, 3.63) is 41.7 Å². The van der Waals surface area contributed by atoms with Crippen LogP contribution in [0.15, 0.2) is 36.5 Å². The number of anilines is 3. The standard InChI is InChI=1S/C14H16ClN5/c15-12-9-11(16)10-14(18-12)20-7-5-19(6-8-20)13-3-1-2-4-17-13/h1-4,9-10H,5-8H2,(H2,16,18). The number of aromatic nitrogens is 2. The third kappa shape index (κ3) is 2.77. The van der Waals surface area contributed by atoms with E-state index in [1.807, 2.05) is 30.5 Å². The lowest BCUT2D eigenvalue weighted by Crippen LogP contribution is -2.47. The van der Waals surface area contributed by atoms with Crippen molar-refractivity contribution in [2.45, 2.75) is 0 Å². The quantitative estimate of drug-likeness (QED) is 0.858. The number of pyridine rings is 2. The molecule has 6 heteroatoms. The van der Waals surface area contributed by atoms with Crippen LogP contribution in [-0.2, 0) is 0 Å². The maximum Gasteiger partial charge on any atom is 0.133 e. The first kappa shape index (κ1) is 13.0. The predicted molar refractivity (Wildman–Crippen MR) is 82.3 cm³/mol. The van der Waals surface area contributed by atoms with Gasteiger partial charge in [0.25, 0.3) is 0 Å². The van der Waals surface area contributed by atoms with E-state index < -0.39 is 0 Å². The lowest BCUT2D eigenvalue weighted by molar-refractivity contribution is 0.642. The molecular weight excluding hydrogens is 274 g/mol. The lowest BCUT2D eigenvalue weighted by Gasteiger charge is -2.36. The van der Waals surface area contributed by atoms with Crippen LogP contribution in [0.2, 0.25) is 5.15 Å². The van der Waals surface area contributed by atoms with E-state index in [2.05, 4.69) is 19.8 Å². The van der Waals surface area contributed by atoms with Gasteiger partial charge in [0.15, 0.2) is 0 Å². The van der Waals surface area contributed by atoms with E-state index in [1.54, 1.807) is 6.07 Å². The number of rotatable bonds is 2. The van der Waals surface area contributed by atoms with Crippen LogP contribution in [0.5, 0.6) is 0 Å². The molecule has 20 heavy (non-hydrogen) atoms. The highest BCUT2D eigenvalue weighted by Gasteiger charge is 2.19. The molecule has 1 aliphatic rings. The largest absolute Gasteiger partial charge is 0.399 e. The van der Waals surface area contributed by atoms with Crippen LogP contribution in [0.25, 0.3) is 0 Å². The minimum absolute atomic E-state index is 0.437. The average molecular weight is 290 g/mol. The summed E-state index contributed by atoms with van der Waals surface area (Å²) in [6.07, 6.45) is 1.82. The van der Waals surface area contributed by atoms with Gasteiger partial charge < -0.3 is 15.5 Å². The van der Waals surface area contributed by atoms with Gasteiger partial charge in [-0.05, 0) is 18.2 Å². The van der Waals surface area contributed by atoms with Crippen molar-refractivity contribution in [2.75, 3.05) is 41.7 Å². The van der Waals surface area contributed by atoms with Crippen LogP contribution < -0.4 is 15.5 Å².